The van der Waals surface area contributed by atoms with Crippen LogP contribution < -0.4 is 5.32 Å². The summed E-state index contributed by atoms with van der Waals surface area (Å²) in [5.74, 6) is -1.80. The second-order valence-corrected chi connectivity index (χ2v) is 5.94. The Balaban J connectivity index is 2.07. The molecule has 0 aliphatic heterocycles. The molecule has 0 aliphatic carbocycles. The predicted octanol–water partition coefficient (Wildman–Crippen LogP) is 3.64. The van der Waals surface area contributed by atoms with Crippen LogP contribution in [0.5, 0.6) is 0 Å². The van der Waals surface area contributed by atoms with Gasteiger partial charge in [0.1, 0.15) is 5.82 Å². The quantitative estimate of drug-likeness (QED) is 0.826. The summed E-state index contributed by atoms with van der Waals surface area (Å²) in [4.78, 5) is 23.8. The Morgan fingerprint density at radius 1 is 1.18 bits per heavy atom. The van der Waals surface area contributed by atoms with E-state index in [4.69, 9.17) is 5.11 Å². The van der Waals surface area contributed by atoms with Crippen molar-refractivity contribution >= 4 is 29.3 Å². The highest BCUT2D eigenvalue weighted by molar-refractivity contribution is 8.00. The van der Waals surface area contributed by atoms with E-state index in [1.165, 1.54) is 24.3 Å². The number of rotatable bonds is 5. The first-order valence-corrected chi connectivity index (χ1v) is 7.41. The number of amides is 1. The van der Waals surface area contributed by atoms with Gasteiger partial charge in [-0.1, -0.05) is 18.2 Å². The SMILES string of the molecule is C[C@@H](Sc1ccccc1C(=O)O)C(=O)Nc1cccc(F)c1. The van der Waals surface area contributed by atoms with Gasteiger partial charge in [-0.2, -0.15) is 0 Å². The maximum absolute atomic E-state index is 13.1. The van der Waals surface area contributed by atoms with Gasteiger partial charge in [-0.25, -0.2) is 9.18 Å². The molecule has 0 aliphatic rings. The number of benzene rings is 2. The maximum atomic E-state index is 13.1. The molecule has 2 rings (SSSR count). The van der Waals surface area contributed by atoms with Crippen LogP contribution in [0.25, 0.3) is 0 Å². The van der Waals surface area contributed by atoms with Crippen LogP contribution in [0, 0.1) is 5.82 Å². The zero-order chi connectivity index (χ0) is 16.1. The highest BCUT2D eigenvalue weighted by Crippen LogP contribution is 2.27. The third-order valence-electron chi connectivity index (χ3n) is 2.88. The molecule has 0 fully saturated rings. The lowest BCUT2D eigenvalue weighted by Gasteiger charge is -2.13. The van der Waals surface area contributed by atoms with Gasteiger partial charge in [0.15, 0.2) is 0 Å². The van der Waals surface area contributed by atoms with Crippen molar-refractivity contribution in [3.63, 3.8) is 0 Å². The van der Waals surface area contributed by atoms with Crippen LogP contribution in [0.3, 0.4) is 0 Å². The van der Waals surface area contributed by atoms with E-state index in [2.05, 4.69) is 5.32 Å². The summed E-state index contributed by atoms with van der Waals surface area (Å²) in [5.41, 5.74) is 0.516. The Hall–Kier alpha value is -2.34. The third kappa shape index (κ3) is 4.08. The number of halogens is 1. The fourth-order valence-electron chi connectivity index (χ4n) is 1.80. The van der Waals surface area contributed by atoms with E-state index in [9.17, 15) is 14.0 Å². The van der Waals surface area contributed by atoms with E-state index in [0.717, 1.165) is 11.8 Å². The van der Waals surface area contributed by atoms with Crippen molar-refractivity contribution in [2.75, 3.05) is 5.32 Å². The fraction of sp³-hybridized carbons (Fsp3) is 0.125. The van der Waals surface area contributed by atoms with E-state index >= 15 is 0 Å². The van der Waals surface area contributed by atoms with Crippen LogP contribution in [0.2, 0.25) is 0 Å². The Morgan fingerprint density at radius 2 is 1.91 bits per heavy atom. The molecule has 1 amide bonds. The smallest absolute Gasteiger partial charge is 0.336 e. The number of anilines is 1. The van der Waals surface area contributed by atoms with Crippen molar-refractivity contribution in [1.29, 1.82) is 0 Å². The molecule has 0 saturated heterocycles. The average molecular weight is 319 g/mol. The monoisotopic (exact) mass is 319 g/mol. The highest BCUT2D eigenvalue weighted by atomic mass is 32.2. The van der Waals surface area contributed by atoms with Gasteiger partial charge < -0.3 is 10.4 Å². The van der Waals surface area contributed by atoms with Crippen LogP contribution in [0.4, 0.5) is 10.1 Å². The number of thioether (sulfide) groups is 1. The predicted molar refractivity (Wildman–Crippen MR) is 83.8 cm³/mol. The molecule has 0 bridgehead atoms. The lowest BCUT2D eigenvalue weighted by molar-refractivity contribution is -0.115. The topological polar surface area (TPSA) is 66.4 Å². The Morgan fingerprint density at radius 3 is 2.59 bits per heavy atom. The molecule has 0 heterocycles. The molecule has 0 radical (unpaired) electrons. The van der Waals surface area contributed by atoms with Crippen LogP contribution in [-0.4, -0.2) is 22.2 Å². The first kappa shape index (κ1) is 16.0. The van der Waals surface area contributed by atoms with Gasteiger partial charge in [-0.3, -0.25) is 4.79 Å². The van der Waals surface area contributed by atoms with Gasteiger partial charge in [0.05, 0.1) is 10.8 Å². The van der Waals surface area contributed by atoms with E-state index in [1.54, 1.807) is 31.2 Å². The van der Waals surface area contributed by atoms with Crippen molar-refractivity contribution < 1.29 is 19.1 Å². The van der Waals surface area contributed by atoms with Crippen molar-refractivity contribution in [2.45, 2.75) is 17.1 Å². The van der Waals surface area contributed by atoms with Crippen LogP contribution in [0.15, 0.2) is 53.4 Å². The standard InChI is InChI=1S/C16H14FNO3S/c1-10(15(19)18-12-6-4-5-11(17)9-12)22-14-8-3-2-7-13(14)16(20)21/h2-10H,1H3,(H,18,19)(H,20,21)/t10-/m1/s1. The number of nitrogens with one attached hydrogen (secondary N) is 1. The number of hydrogen-bond acceptors (Lipinski definition) is 3. The van der Waals surface area contributed by atoms with Gasteiger partial charge in [-0.15, -0.1) is 11.8 Å². The molecular formula is C16H14FNO3S. The molecule has 0 aromatic heterocycles. The zero-order valence-electron chi connectivity index (χ0n) is 11.7. The Bertz CT molecular complexity index is 705. The first-order chi connectivity index (χ1) is 10.5. The second-order valence-electron chi connectivity index (χ2n) is 4.56. The molecule has 6 heteroatoms. The number of hydrogen-bond donors (Lipinski definition) is 2. The van der Waals surface area contributed by atoms with E-state index in [0.29, 0.717) is 10.6 Å². The number of carboxylic acids is 1. The molecule has 4 nitrogen and oxygen atoms in total. The van der Waals surface area contributed by atoms with Gasteiger partial charge in [0.2, 0.25) is 5.91 Å². The van der Waals surface area contributed by atoms with E-state index in [1.807, 2.05) is 0 Å². The van der Waals surface area contributed by atoms with Gasteiger partial charge in [0, 0.05) is 10.6 Å². The molecule has 2 aromatic rings. The van der Waals surface area contributed by atoms with Crippen molar-refractivity contribution in [3.05, 3.63) is 59.9 Å². The molecule has 2 N–H and O–H groups in total. The highest BCUT2D eigenvalue weighted by Gasteiger charge is 2.18. The summed E-state index contributed by atoms with van der Waals surface area (Å²) in [6.45, 7) is 1.66. The maximum Gasteiger partial charge on any atom is 0.336 e. The summed E-state index contributed by atoms with van der Waals surface area (Å²) in [6.07, 6.45) is 0. The minimum Gasteiger partial charge on any atom is -0.478 e. The summed E-state index contributed by atoms with van der Waals surface area (Å²) in [7, 11) is 0. The number of aromatic carboxylic acids is 1. The molecular weight excluding hydrogens is 305 g/mol. The first-order valence-electron chi connectivity index (χ1n) is 6.53. The molecule has 0 spiro atoms. The minimum absolute atomic E-state index is 0.151. The molecule has 0 saturated carbocycles. The largest absolute Gasteiger partial charge is 0.478 e. The van der Waals surface area contributed by atoms with Crippen molar-refractivity contribution in [2.24, 2.45) is 0 Å². The number of carbonyl (C=O) groups is 2. The summed E-state index contributed by atoms with van der Waals surface area (Å²) < 4.78 is 13.1. The Labute approximate surface area is 131 Å². The number of carboxylic acid groups (broad SMARTS) is 1. The lowest BCUT2D eigenvalue weighted by Crippen LogP contribution is -2.22. The third-order valence-corrected chi connectivity index (χ3v) is 4.06. The van der Waals surface area contributed by atoms with Gasteiger partial charge >= 0.3 is 5.97 Å². The Kier molecular flexibility index (Phi) is 5.16. The van der Waals surface area contributed by atoms with Crippen LogP contribution >= 0.6 is 11.8 Å². The molecule has 1 atom stereocenters. The van der Waals surface area contributed by atoms with Crippen LogP contribution in [0.1, 0.15) is 17.3 Å². The van der Waals surface area contributed by atoms with E-state index in [-0.39, 0.29) is 11.5 Å². The van der Waals surface area contributed by atoms with Crippen molar-refractivity contribution in [1.82, 2.24) is 0 Å². The summed E-state index contributed by atoms with van der Waals surface area (Å²) in [5, 5.41) is 11.2. The zero-order valence-corrected chi connectivity index (χ0v) is 12.6. The van der Waals surface area contributed by atoms with Crippen molar-refractivity contribution in [3.8, 4) is 0 Å². The molecule has 22 heavy (non-hydrogen) atoms. The van der Waals surface area contributed by atoms with Gasteiger partial charge in [0.25, 0.3) is 0 Å². The molecule has 114 valence electrons. The lowest BCUT2D eigenvalue weighted by atomic mass is 10.2. The van der Waals surface area contributed by atoms with E-state index < -0.39 is 17.0 Å². The average Bonchev–Trinajstić information content (AvgIpc) is 2.47. The summed E-state index contributed by atoms with van der Waals surface area (Å²) >= 11 is 1.14. The fourth-order valence-corrected chi connectivity index (χ4v) is 2.79. The molecule has 2 aromatic carbocycles. The summed E-state index contributed by atoms with van der Waals surface area (Å²) in [6, 6.07) is 12.1. The normalized spacial score (nSPS) is 11.7. The van der Waals surface area contributed by atoms with Crippen LogP contribution in [-0.2, 0) is 4.79 Å². The second kappa shape index (κ2) is 7.09. The van der Waals surface area contributed by atoms with Gasteiger partial charge in [-0.05, 0) is 37.3 Å². The number of carbonyl (C=O) groups excluding carboxylic acids is 1. The molecule has 0 unspecified atom stereocenters. The minimum atomic E-state index is -1.04.